The minimum atomic E-state index is -0.642. The molecule has 2 heterocycles. The molecular weight excluding hydrogens is 439 g/mol. The Morgan fingerprint density at radius 1 is 1.06 bits per heavy atom. The van der Waals surface area contributed by atoms with Crippen molar-refractivity contribution in [1.82, 2.24) is 10.2 Å². The predicted molar refractivity (Wildman–Crippen MR) is 126 cm³/mol. The highest BCUT2D eigenvalue weighted by Gasteiger charge is 2.36. The SMILES string of the molecule is O=C(NCCCN1CCOCC1)c1ccccc1NC(=O)[C@H]1CC(=O)N(c2ccccc2F)C1. The molecule has 2 fully saturated rings. The van der Waals surface area contributed by atoms with Crippen LogP contribution in [0.2, 0.25) is 0 Å². The molecule has 0 spiro atoms. The molecule has 8 nitrogen and oxygen atoms in total. The minimum absolute atomic E-state index is 0.0178. The lowest BCUT2D eigenvalue weighted by Gasteiger charge is -2.26. The third-order valence-corrected chi connectivity index (χ3v) is 6.11. The highest BCUT2D eigenvalue weighted by molar-refractivity contribution is 6.07. The largest absolute Gasteiger partial charge is 0.379 e. The van der Waals surface area contributed by atoms with Gasteiger partial charge >= 0.3 is 0 Å². The van der Waals surface area contributed by atoms with E-state index < -0.39 is 11.7 Å². The van der Waals surface area contributed by atoms with Crippen molar-refractivity contribution in [2.45, 2.75) is 12.8 Å². The van der Waals surface area contributed by atoms with Gasteiger partial charge in [0.05, 0.1) is 36.1 Å². The Bertz CT molecular complexity index is 1040. The zero-order valence-corrected chi connectivity index (χ0v) is 19.0. The molecule has 2 aliphatic heterocycles. The van der Waals surface area contributed by atoms with Crippen molar-refractivity contribution in [3.05, 3.63) is 59.9 Å². The maximum Gasteiger partial charge on any atom is 0.253 e. The number of carbonyl (C=O) groups excluding carboxylic acids is 3. The van der Waals surface area contributed by atoms with Crippen molar-refractivity contribution < 1.29 is 23.5 Å². The summed E-state index contributed by atoms with van der Waals surface area (Å²) in [6.45, 7) is 4.78. The van der Waals surface area contributed by atoms with E-state index in [2.05, 4.69) is 15.5 Å². The summed E-state index contributed by atoms with van der Waals surface area (Å²) < 4.78 is 19.5. The van der Waals surface area contributed by atoms with Gasteiger partial charge in [-0.3, -0.25) is 19.3 Å². The van der Waals surface area contributed by atoms with Crippen LogP contribution in [0.3, 0.4) is 0 Å². The van der Waals surface area contributed by atoms with Crippen LogP contribution in [0.5, 0.6) is 0 Å². The van der Waals surface area contributed by atoms with Crippen LogP contribution in [0.4, 0.5) is 15.8 Å². The Labute approximate surface area is 198 Å². The molecule has 2 aromatic carbocycles. The summed E-state index contributed by atoms with van der Waals surface area (Å²) in [6.07, 6.45) is 0.798. The van der Waals surface area contributed by atoms with Gasteiger partial charge in [-0.15, -0.1) is 0 Å². The summed E-state index contributed by atoms with van der Waals surface area (Å²) in [4.78, 5) is 41.7. The maximum atomic E-state index is 14.1. The zero-order chi connectivity index (χ0) is 23.9. The lowest BCUT2D eigenvalue weighted by atomic mass is 10.1. The zero-order valence-electron chi connectivity index (χ0n) is 19.0. The molecule has 34 heavy (non-hydrogen) atoms. The number of benzene rings is 2. The average molecular weight is 469 g/mol. The van der Waals surface area contributed by atoms with Crippen molar-refractivity contribution in [1.29, 1.82) is 0 Å². The first-order valence-corrected chi connectivity index (χ1v) is 11.6. The van der Waals surface area contributed by atoms with Crippen LogP contribution in [-0.2, 0) is 14.3 Å². The van der Waals surface area contributed by atoms with E-state index in [0.717, 1.165) is 39.3 Å². The van der Waals surface area contributed by atoms with Crippen molar-refractivity contribution in [2.75, 3.05) is 56.2 Å². The Morgan fingerprint density at radius 2 is 1.79 bits per heavy atom. The summed E-state index contributed by atoms with van der Waals surface area (Å²) in [6, 6.07) is 12.8. The van der Waals surface area contributed by atoms with Crippen molar-refractivity contribution in [3.8, 4) is 0 Å². The van der Waals surface area contributed by atoms with E-state index >= 15 is 0 Å². The molecule has 0 radical (unpaired) electrons. The third kappa shape index (κ3) is 5.78. The molecule has 0 aromatic heterocycles. The molecular formula is C25H29FN4O4. The van der Waals surface area contributed by atoms with Gasteiger partial charge in [0.2, 0.25) is 11.8 Å². The van der Waals surface area contributed by atoms with Crippen LogP contribution >= 0.6 is 0 Å². The fraction of sp³-hybridized carbons (Fsp3) is 0.400. The van der Waals surface area contributed by atoms with E-state index in [0.29, 0.717) is 17.8 Å². The maximum absolute atomic E-state index is 14.1. The number of ether oxygens (including phenoxy) is 1. The molecule has 3 amide bonds. The lowest BCUT2D eigenvalue weighted by molar-refractivity contribution is -0.122. The van der Waals surface area contributed by atoms with Crippen LogP contribution < -0.4 is 15.5 Å². The monoisotopic (exact) mass is 468 g/mol. The molecule has 9 heteroatoms. The molecule has 180 valence electrons. The van der Waals surface area contributed by atoms with Crippen molar-refractivity contribution in [3.63, 3.8) is 0 Å². The third-order valence-electron chi connectivity index (χ3n) is 6.11. The molecule has 2 saturated heterocycles. The summed E-state index contributed by atoms with van der Waals surface area (Å²) in [7, 11) is 0. The smallest absolute Gasteiger partial charge is 0.253 e. The van der Waals surface area contributed by atoms with Gasteiger partial charge in [-0.1, -0.05) is 24.3 Å². The number of hydrogen-bond donors (Lipinski definition) is 2. The molecule has 4 rings (SSSR count). The molecule has 0 bridgehead atoms. The number of amides is 3. The first kappa shape index (κ1) is 23.8. The second-order valence-electron chi connectivity index (χ2n) is 8.46. The van der Waals surface area contributed by atoms with Gasteiger partial charge < -0.3 is 20.3 Å². The number of para-hydroxylation sites is 2. The Kier molecular flexibility index (Phi) is 7.87. The normalized spacial score (nSPS) is 18.7. The minimum Gasteiger partial charge on any atom is -0.379 e. The van der Waals surface area contributed by atoms with E-state index in [1.165, 1.54) is 17.0 Å². The van der Waals surface area contributed by atoms with E-state index in [9.17, 15) is 18.8 Å². The molecule has 2 aromatic rings. The summed E-state index contributed by atoms with van der Waals surface area (Å²) in [5, 5.41) is 5.70. The van der Waals surface area contributed by atoms with Crippen LogP contribution in [0.15, 0.2) is 48.5 Å². The Hall–Kier alpha value is -3.30. The number of carbonyl (C=O) groups is 3. The first-order valence-electron chi connectivity index (χ1n) is 11.6. The predicted octanol–water partition coefficient (Wildman–Crippen LogP) is 2.27. The second-order valence-corrected chi connectivity index (χ2v) is 8.46. The van der Waals surface area contributed by atoms with Gasteiger partial charge in [0.25, 0.3) is 5.91 Å². The molecule has 0 unspecified atom stereocenters. The highest BCUT2D eigenvalue weighted by atomic mass is 19.1. The van der Waals surface area contributed by atoms with E-state index in [1.807, 2.05) is 0 Å². The number of hydrogen-bond acceptors (Lipinski definition) is 5. The van der Waals surface area contributed by atoms with Gasteiger partial charge in [-0.05, 0) is 37.2 Å². The number of nitrogens with one attached hydrogen (secondary N) is 2. The number of rotatable bonds is 8. The summed E-state index contributed by atoms with van der Waals surface area (Å²) in [5.41, 5.74) is 0.909. The van der Waals surface area contributed by atoms with Gasteiger partial charge in [-0.2, -0.15) is 0 Å². The van der Waals surface area contributed by atoms with E-state index in [1.54, 1.807) is 36.4 Å². The number of nitrogens with zero attached hydrogens (tertiary/aromatic N) is 2. The molecule has 2 N–H and O–H groups in total. The van der Waals surface area contributed by atoms with Gasteiger partial charge in [0.1, 0.15) is 5.82 Å². The van der Waals surface area contributed by atoms with Crippen molar-refractivity contribution in [2.24, 2.45) is 5.92 Å². The Morgan fingerprint density at radius 3 is 2.59 bits per heavy atom. The quantitative estimate of drug-likeness (QED) is 0.580. The molecule has 0 saturated carbocycles. The Balaban J connectivity index is 1.32. The number of halogens is 1. The van der Waals surface area contributed by atoms with Gasteiger partial charge in [0, 0.05) is 32.6 Å². The lowest BCUT2D eigenvalue weighted by Crippen LogP contribution is -2.38. The van der Waals surface area contributed by atoms with Crippen LogP contribution in [0.1, 0.15) is 23.2 Å². The summed E-state index contributed by atoms with van der Waals surface area (Å²) in [5.74, 6) is -2.10. The molecule has 2 aliphatic rings. The van der Waals surface area contributed by atoms with Crippen LogP contribution in [0, 0.1) is 11.7 Å². The highest BCUT2D eigenvalue weighted by Crippen LogP contribution is 2.28. The fourth-order valence-corrected chi connectivity index (χ4v) is 4.24. The first-order chi connectivity index (χ1) is 16.5. The van der Waals surface area contributed by atoms with Gasteiger partial charge in [-0.25, -0.2) is 4.39 Å². The van der Waals surface area contributed by atoms with Crippen LogP contribution in [0.25, 0.3) is 0 Å². The van der Waals surface area contributed by atoms with E-state index in [-0.39, 0.29) is 36.4 Å². The second kappa shape index (κ2) is 11.2. The van der Waals surface area contributed by atoms with E-state index in [4.69, 9.17) is 4.74 Å². The standard InChI is InChI=1S/C25H29FN4O4/c26-20-7-2-4-9-22(20)30-17-18(16-23(30)31)24(32)28-21-8-3-1-6-19(21)25(33)27-10-5-11-29-12-14-34-15-13-29/h1-4,6-9,18H,5,10-17H2,(H,27,33)(H,28,32)/t18-/m0/s1. The van der Waals surface area contributed by atoms with Crippen LogP contribution in [-0.4, -0.2) is 68.6 Å². The van der Waals surface area contributed by atoms with Gasteiger partial charge in [0.15, 0.2) is 0 Å². The van der Waals surface area contributed by atoms with Crippen molar-refractivity contribution >= 4 is 29.1 Å². The topological polar surface area (TPSA) is 91.0 Å². The number of morpholine rings is 1. The molecule has 0 aliphatic carbocycles. The molecule has 1 atom stereocenters. The number of anilines is 2. The average Bonchev–Trinajstić information content (AvgIpc) is 3.24. The summed E-state index contributed by atoms with van der Waals surface area (Å²) >= 11 is 0. The fourth-order valence-electron chi connectivity index (χ4n) is 4.24.